The molecule has 5 heterocycles. The van der Waals surface area contributed by atoms with E-state index in [-0.39, 0.29) is 28.4 Å². The number of hydrogen-bond donors (Lipinski definition) is 2. The molecule has 3 aromatic carbocycles. The Morgan fingerprint density at radius 1 is 1.04 bits per heavy atom. The number of piperazine rings is 1. The highest BCUT2D eigenvalue weighted by molar-refractivity contribution is 6.07. The number of para-hydroxylation sites is 1. The van der Waals surface area contributed by atoms with E-state index in [1.807, 2.05) is 41.3 Å². The Kier molecular flexibility index (Phi) is 6.77. The summed E-state index contributed by atoms with van der Waals surface area (Å²) in [6, 6.07) is 12.6. The van der Waals surface area contributed by atoms with Crippen LogP contribution in [0.1, 0.15) is 23.2 Å². The lowest BCUT2D eigenvalue weighted by atomic mass is 10.0. The van der Waals surface area contributed by atoms with Gasteiger partial charge >= 0.3 is 0 Å². The number of rotatable bonds is 6. The summed E-state index contributed by atoms with van der Waals surface area (Å²) >= 11 is 0. The third kappa shape index (κ3) is 4.73. The first-order chi connectivity index (χ1) is 21.9. The van der Waals surface area contributed by atoms with E-state index in [0.717, 1.165) is 61.9 Å². The third-order valence-electron chi connectivity index (χ3n) is 9.42. The summed E-state index contributed by atoms with van der Waals surface area (Å²) in [6.07, 6.45) is 3.03. The Balaban J connectivity index is 1.22. The van der Waals surface area contributed by atoms with Crippen LogP contribution in [0.3, 0.4) is 0 Å². The summed E-state index contributed by atoms with van der Waals surface area (Å²) < 4.78 is 30.5. The summed E-state index contributed by atoms with van der Waals surface area (Å²) in [5, 5.41) is 4.79. The van der Waals surface area contributed by atoms with E-state index in [2.05, 4.69) is 22.2 Å². The summed E-state index contributed by atoms with van der Waals surface area (Å²) in [6.45, 7) is 6.38. The molecule has 0 radical (unpaired) electrons. The maximum Gasteiger partial charge on any atom is 0.256 e. The van der Waals surface area contributed by atoms with Crippen LogP contribution in [-0.4, -0.2) is 85.7 Å². The second-order valence-electron chi connectivity index (χ2n) is 12.4. The fraction of sp³-hybridized carbons (Fsp3) is 0.353. The van der Waals surface area contributed by atoms with Crippen molar-refractivity contribution in [2.75, 3.05) is 64.3 Å². The molecule has 8 rings (SSSR count). The maximum absolute atomic E-state index is 16.0. The largest absolute Gasteiger partial charge is 0.456 e. The zero-order chi connectivity index (χ0) is 30.8. The average Bonchev–Trinajstić information content (AvgIpc) is 3.63. The van der Waals surface area contributed by atoms with Gasteiger partial charge in [-0.3, -0.25) is 9.59 Å². The average molecular weight is 611 g/mol. The second kappa shape index (κ2) is 10.9. The van der Waals surface area contributed by atoms with E-state index < -0.39 is 17.2 Å². The van der Waals surface area contributed by atoms with Crippen LogP contribution in [-0.2, 0) is 0 Å². The van der Waals surface area contributed by atoms with Gasteiger partial charge in [0.25, 0.3) is 5.91 Å². The number of likely N-dealkylation sites (N-methyl/N-ethyl adjacent to an activating group) is 1. The van der Waals surface area contributed by atoms with E-state index in [1.165, 1.54) is 6.07 Å². The number of hydrogen-bond acceptors (Lipinski definition) is 8. The number of benzene rings is 3. The Bertz CT molecular complexity index is 2050. The zero-order valence-electron chi connectivity index (χ0n) is 25.1. The normalized spacial score (nSPS) is 18.6. The molecule has 232 valence electrons. The van der Waals surface area contributed by atoms with Gasteiger partial charge in [-0.05, 0) is 44.6 Å². The van der Waals surface area contributed by atoms with Crippen LogP contribution in [0.5, 0.6) is 11.5 Å². The summed E-state index contributed by atoms with van der Waals surface area (Å²) in [5.41, 5.74) is 8.24. The standard InChI is InChI=1S/C34H35FN6O4/c1-38-11-13-39(14-12-38)9-4-8-37-34(43)24-19-41-26-17-28-22(21-5-2-3-6-27(21)44-28)16-29(26)45-33-30(41)23(32(24)42)15-25(35)31(33)40-10-7-20(36)18-40/h2-3,5-6,15-17,19-20H,4,7-14,18,36H2,1H3,(H,37,43). The van der Waals surface area contributed by atoms with Gasteiger partial charge in [0, 0.05) is 74.9 Å². The van der Waals surface area contributed by atoms with E-state index in [0.29, 0.717) is 42.2 Å². The Morgan fingerprint density at radius 2 is 1.87 bits per heavy atom. The van der Waals surface area contributed by atoms with Gasteiger partial charge < -0.3 is 39.5 Å². The highest BCUT2D eigenvalue weighted by Crippen LogP contribution is 2.48. The van der Waals surface area contributed by atoms with Crippen molar-refractivity contribution in [3.05, 3.63) is 70.3 Å². The lowest BCUT2D eigenvalue weighted by molar-refractivity contribution is 0.0948. The summed E-state index contributed by atoms with van der Waals surface area (Å²) in [4.78, 5) is 33.9. The number of fused-ring (bicyclic) bond motifs is 5. The molecule has 2 saturated heterocycles. The molecule has 2 aromatic heterocycles. The fourth-order valence-electron chi connectivity index (χ4n) is 6.94. The molecule has 45 heavy (non-hydrogen) atoms. The van der Waals surface area contributed by atoms with Crippen LogP contribution < -0.4 is 26.1 Å². The van der Waals surface area contributed by atoms with Crippen molar-refractivity contribution in [3.63, 3.8) is 0 Å². The van der Waals surface area contributed by atoms with Gasteiger partial charge in [-0.25, -0.2) is 4.39 Å². The van der Waals surface area contributed by atoms with Crippen LogP contribution in [0.15, 0.2) is 57.9 Å². The molecule has 1 amide bonds. The molecule has 3 aliphatic rings. The van der Waals surface area contributed by atoms with Crippen LogP contribution in [0.2, 0.25) is 0 Å². The minimum Gasteiger partial charge on any atom is -0.456 e. The molecule has 0 spiro atoms. The lowest BCUT2D eigenvalue weighted by Crippen LogP contribution is -2.45. The Labute approximate surface area is 258 Å². The van der Waals surface area contributed by atoms with Gasteiger partial charge in [0.05, 0.1) is 11.1 Å². The molecule has 0 aliphatic carbocycles. The first-order valence-electron chi connectivity index (χ1n) is 15.6. The molecule has 11 heteroatoms. The van der Waals surface area contributed by atoms with Crippen LogP contribution in [0, 0.1) is 5.82 Å². The number of anilines is 1. The maximum atomic E-state index is 16.0. The first kappa shape index (κ1) is 28.1. The minimum atomic E-state index is -0.585. The monoisotopic (exact) mass is 610 g/mol. The van der Waals surface area contributed by atoms with Crippen molar-refractivity contribution >= 4 is 44.4 Å². The number of aromatic nitrogens is 1. The van der Waals surface area contributed by atoms with Crippen molar-refractivity contribution < 1.29 is 18.3 Å². The second-order valence-corrected chi connectivity index (χ2v) is 12.4. The van der Waals surface area contributed by atoms with E-state index in [4.69, 9.17) is 14.9 Å². The SMILES string of the molecule is CN1CCN(CCCNC(=O)c2cn3c4c(c(N5CCC(N)C5)c(F)cc4c2=O)Oc2cc4c(cc2-3)oc2ccccc24)CC1. The number of carbonyl (C=O) groups excluding carboxylic acids is 1. The number of nitrogens with one attached hydrogen (secondary N) is 1. The molecule has 3 aliphatic heterocycles. The Hall–Kier alpha value is -4.45. The van der Waals surface area contributed by atoms with Crippen molar-refractivity contribution in [2.24, 2.45) is 5.73 Å². The fourth-order valence-corrected chi connectivity index (χ4v) is 6.94. The topological polar surface area (TPSA) is 109 Å². The molecule has 1 atom stereocenters. The van der Waals surface area contributed by atoms with Crippen molar-refractivity contribution in [2.45, 2.75) is 18.9 Å². The van der Waals surface area contributed by atoms with Crippen LogP contribution in [0.25, 0.3) is 38.5 Å². The van der Waals surface area contributed by atoms with Gasteiger partial charge in [0.1, 0.15) is 27.9 Å². The number of halogens is 1. The van der Waals surface area contributed by atoms with E-state index in [1.54, 1.807) is 10.8 Å². The van der Waals surface area contributed by atoms with Crippen molar-refractivity contribution in [3.8, 4) is 17.2 Å². The van der Waals surface area contributed by atoms with Gasteiger partial charge in [-0.1, -0.05) is 18.2 Å². The molecule has 2 fully saturated rings. The smallest absolute Gasteiger partial charge is 0.256 e. The number of furan rings is 1. The van der Waals surface area contributed by atoms with Crippen LogP contribution in [0.4, 0.5) is 10.1 Å². The van der Waals surface area contributed by atoms with Crippen molar-refractivity contribution in [1.82, 2.24) is 19.7 Å². The quantitative estimate of drug-likeness (QED) is 0.272. The first-order valence-corrected chi connectivity index (χ1v) is 15.6. The highest BCUT2D eigenvalue weighted by Gasteiger charge is 2.33. The highest BCUT2D eigenvalue weighted by atomic mass is 19.1. The molecule has 0 bridgehead atoms. The molecular formula is C34H35FN6O4. The van der Waals surface area contributed by atoms with Crippen LogP contribution >= 0.6 is 0 Å². The number of nitrogens with zero attached hydrogens (tertiary/aromatic N) is 4. The Morgan fingerprint density at radius 3 is 2.67 bits per heavy atom. The number of carbonyl (C=O) groups is 1. The molecule has 5 aromatic rings. The van der Waals surface area contributed by atoms with Gasteiger partial charge in [0.15, 0.2) is 17.3 Å². The summed E-state index contributed by atoms with van der Waals surface area (Å²) in [7, 11) is 2.12. The third-order valence-corrected chi connectivity index (χ3v) is 9.42. The predicted octanol–water partition coefficient (Wildman–Crippen LogP) is 4.04. The number of amides is 1. The zero-order valence-corrected chi connectivity index (χ0v) is 25.1. The number of ether oxygens (including phenoxy) is 1. The molecular weight excluding hydrogens is 575 g/mol. The number of nitrogens with two attached hydrogens (primary N) is 1. The summed E-state index contributed by atoms with van der Waals surface area (Å²) in [5.74, 6) is -0.355. The van der Waals surface area contributed by atoms with Gasteiger partial charge in [0.2, 0.25) is 5.43 Å². The van der Waals surface area contributed by atoms with E-state index >= 15 is 4.39 Å². The molecule has 1 unspecified atom stereocenters. The van der Waals surface area contributed by atoms with Gasteiger partial charge in [-0.2, -0.15) is 0 Å². The van der Waals surface area contributed by atoms with E-state index in [9.17, 15) is 9.59 Å². The predicted molar refractivity (Wildman–Crippen MR) is 173 cm³/mol. The molecule has 0 saturated carbocycles. The molecule has 3 N–H and O–H groups in total. The van der Waals surface area contributed by atoms with Gasteiger partial charge in [-0.15, -0.1) is 0 Å². The van der Waals surface area contributed by atoms with Crippen molar-refractivity contribution in [1.29, 1.82) is 0 Å². The number of pyridine rings is 1. The lowest BCUT2D eigenvalue weighted by Gasteiger charge is -2.32. The molecule has 10 nitrogen and oxygen atoms in total. The minimum absolute atomic E-state index is 0.0547.